The maximum absolute atomic E-state index is 4.49. The number of piperidine rings is 1. The smallest absolute Gasteiger partial charge is 0.151 e. The van der Waals surface area contributed by atoms with Gasteiger partial charge in [-0.1, -0.05) is 36.8 Å². The fourth-order valence-electron chi connectivity index (χ4n) is 3.76. The molecule has 114 valence electrons. The van der Waals surface area contributed by atoms with Gasteiger partial charge in [0.25, 0.3) is 0 Å². The van der Waals surface area contributed by atoms with Gasteiger partial charge in [-0.2, -0.15) is 0 Å². The molecule has 2 fully saturated rings. The average Bonchev–Trinajstić information content (AvgIpc) is 2.56. The molecule has 0 spiro atoms. The third-order valence-corrected chi connectivity index (χ3v) is 5.13. The Kier molecular flexibility index (Phi) is 3.54. The van der Waals surface area contributed by atoms with Crippen LogP contribution < -0.4 is 4.90 Å². The molecule has 0 N–H and O–H groups in total. The highest BCUT2D eigenvalue weighted by molar-refractivity contribution is 5.59. The van der Waals surface area contributed by atoms with E-state index in [0.29, 0.717) is 12.1 Å². The molecule has 2 aliphatic rings. The second kappa shape index (κ2) is 5.69. The predicted octanol–water partition coefficient (Wildman–Crippen LogP) is 2.82. The quantitative estimate of drug-likeness (QED) is 0.852. The molecule has 2 saturated heterocycles. The predicted molar refractivity (Wildman–Crippen MR) is 88.9 cm³/mol. The Morgan fingerprint density at radius 2 is 1.64 bits per heavy atom. The second-order valence-corrected chi connectivity index (χ2v) is 6.45. The van der Waals surface area contributed by atoms with E-state index in [1.165, 1.54) is 19.3 Å². The molecule has 3 heterocycles. The summed E-state index contributed by atoms with van der Waals surface area (Å²) in [5.74, 6) is 1.02. The van der Waals surface area contributed by atoms with Crippen LogP contribution in [0.3, 0.4) is 0 Å². The van der Waals surface area contributed by atoms with Gasteiger partial charge in [-0.05, 0) is 32.0 Å². The van der Waals surface area contributed by atoms with Crippen LogP contribution in [-0.2, 0) is 0 Å². The number of piperazine rings is 1. The molecule has 4 rings (SSSR count). The van der Waals surface area contributed by atoms with Gasteiger partial charge in [-0.25, -0.2) is 0 Å². The molecule has 2 bridgehead atoms. The van der Waals surface area contributed by atoms with E-state index < -0.39 is 0 Å². The lowest BCUT2D eigenvalue weighted by molar-refractivity contribution is 0.0946. The van der Waals surface area contributed by atoms with Crippen LogP contribution >= 0.6 is 0 Å². The first kappa shape index (κ1) is 13.7. The first-order chi connectivity index (χ1) is 10.8. The number of rotatable bonds is 2. The van der Waals surface area contributed by atoms with E-state index in [-0.39, 0.29) is 0 Å². The van der Waals surface area contributed by atoms with Gasteiger partial charge >= 0.3 is 0 Å². The molecule has 0 saturated carbocycles. The molecule has 1 aromatic heterocycles. The number of aromatic nitrogens is 2. The van der Waals surface area contributed by atoms with Crippen molar-refractivity contribution < 1.29 is 0 Å². The molecule has 1 aromatic carbocycles. The summed E-state index contributed by atoms with van der Waals surface area (Å²) in [6, 6.07) is 15.8. The van der Waals surface area contributed by atoms with Crippen LogP contribution in [0.25, 0.3) is 11.3 Å². The third kappa shape index (κ3) is 2.48. The summed E-state index contributed by atoms with van der Waals surface area (Å²) >= 11 is 0. The van der Waals surface area contributed by atoms with E-state index in [1.807, 2.05) is 18.2 Å². The summed E-state index contributed by atoms with van der Waals surface area (Å²) in [5, 5.41) is 8.92. The zero-order valence-corrected chi connectivity index (χ0v) is 13.0. The zero-order chi connectivity index (χ0) is 14.9. The summed E-state index contributed by atoms with van der Waals surface area (Å²) in [6.45, 7) is 2.15. The highest BCUT2D eigenvalue weighted by atomic mass is 15.3. The summed E-state index contributed by atoms with van der Waals surface area (Å²) < 4.78 is 0. The largest absolute Gasteiger partial charge is 0.352 e. The van der Waals surface area contributed by atoms with E-state index in [0.717, 1.165) is 30.2 Å². The van der Waals surface area contributed by atoms with E-state index in [2.05, 4.69) is 51.3 Å². The number of likely N-dealkylation sites (N-methyl/N-ethyl adjacent to an activating group) is 1. The van der Waals surface area contributed by atoms with Crippen LogP contribution in [0.4, 0.5) is 5.82 Å². The lowest BCUT2D eigenvalue weighted by atomic mass is 9.92. The van der Waals surface area contributed by atoms with Gasteiger partial charge < -0.3 is 4.90 Å². The molecule has 2 atom stereocenters. The fraction of sp³-hybridized carbons (Fsp3) is 0.444. The summed E-state index contributed by atoms with van der Waals surface area (Å²) in [6.07, 6.45) is 3.98. The molecule has 0 radical (unpaired) electrons. The molecule has 2 aromatic rings. The molecule has 4 nitrogen and oxygen atoms in total. The van der Waals surface area contributed by atoms with Gasteiger partial charge in [-0.3, -0.25) is 4.90 Å². The first-order valence-corrected chi connectivity index (χ1v) is 8.17. The van der Waals surface area contributed by atoms with Crippen molar-refractivity contribution >= 4 is 5.82 Å². The molecular formula is C18H22N4. The Hall–Kier alpha value is -1.94. The Morgan fingerprint density at radius 1 is 0.909 bits per heavy atom. The Balaban J connectivity index is 1.54. The Labute approximate surface area is 131 Å². The van der Waals surface area contributed by atoms with Crippen LogP contribution in [0, 0.1) is 0 Å². The van der Waals surface area contributed by atoms with Gasteiger partial charge in [-0.15, -0.1) is 10.2 Å². The molecule has 22 heavy (non-hydrogen) atoms. The Bertz CT molecular complexity index is 611. The molecule has 4 heteroatoms. The van der Waals surface area contributed by atoms with Gasteiger partial charge in [0.1, 0.15) is 0 Å². The summed E-state index contributed by atoms with van der Waals surface area (Å²) in [4.78, 5) is 4.97. The van der Waals surface area contributed by atoms with Crippen molar-refractivity contribution in [1.82, 2.24) is 15.1 Å². The lowest BCUT2D eigenvalue weighted by Crippen LogP contribution is -2.59. The van der Waals surface area contributed by atoms with E-state index >= 15 is 0 Å². The maximum atomic E-state index is 4.49. The van der Waals surface area contributed by atoms with Crippen LogP contribution in [0.5, 0.6) is 0 Å². The van der Waals surface area contributed by atoms with Gasteiger partial charge in [0.15, 0.2) is 5.82 Å². The van der Waals surface area contributed by atoms with Gasteiger partial charge in [0, 0.05) is 30.7 Å². The number of hydrogen-bond acceptors (Lipinski definition) is 4. The van der Waals surface area contributed by atoms with Crippen LogP contribution in [0.1, 0.15) is 19.3 Å². The number of nitrogens with zero attached hydrogens (tertiary/aromatic N) is 4. The van der Waals surface area contributed by atoms with Crippen molar-refractivity contribution in [3.05, 3.63) is 42.5 Å². The summed E-state index contributed by atoms with van der Waals surface area (Å²) in [5.41, 5.74) is 2.07. The van der Waals surface area contributed by atoms with Crippen LogP contribution in [0.2, 0.25) is 0 Å². The average molecular weight is 294 g/mol. The highest BCUT2D eigenvalue weighted by Crippen LogP contribution is 2.29. The van der Waals surface area contributed by atoms with Crippen molar-refractivity contribution in [2.75, 3.05) is 25.0 Å². The highest BCUT2D eigenvalue weighted by Gasteiger charge is 2.35. The second-order valence-electron chi connectivity index (χ2n) is 6.45. The number of anilines is 1. The molecule has 0 aliphatic carbocycles. The maximum Gasteiger partial charge on any atom is 0.151 e. The molecule has 0 unspecified atom stereocenters. The Morgan fingerprint density at radius 3 is 2.27 bits per heavy atom. The number of hydrogen-bond donors (Lipinski definition) is 0. The third-order valence-electron chi connectivity index (χ3n) is 5.13. The van der Waals surface area contributed by atoms with Crippen molar-refractivity contribution in [3.63, 3.8) is 0 Å². The zero-order valence-electron chi connectivity index (χ0n) is 13.0. The van der Waals surface area contributed by atoms with Crippen molar-refractivity contribution in [3.8, 4) is 11.3 Å². The standard InChI is InChI=1S/C18H22N4/c1-21-15-8-5-9-16(21)13-22(12-15)18-11-10-17(19-20-18)14-6-3-2-4-7-14/h2-4,6-7,10-11,15-16H,5,8-9,12-13H2,1H3/t15-,16+. The van der Waals surface area contributed by atoms with Crippen LogP contribution in [0.15, 0.2) is 42.5 Å². The topological polar surface area (TPSA) is 32.3 Å². The summed E-state index contributed by atoms with van der Waals surface area (Å²) in [7, 11) is 2.27. The lowest BCUT2D eigenvalue weighted by Gasteiger charge is -2.48. The molecule has 2 aliphatic heterocycles. The molecular weight excluding hydrogens is 272 g/mol. The van der Waals surface area contributed by atoms with Gasteiger partial charge in [0.2, 0.25) is 0 Å². The fourth-order valence-corrected chi connectivity index (χ4v) is 3.76. The van der Waals surface area contributed by atoms with Crippen molar-refractivity contribution in [2.45, 2.75) is 31.3 Å². The van der Waals surface area contributed by atoms with E-state index in [1.54, 1.807) is 0 Å². The minimum absolute atomic E-state index is 0.670. The van der Waals surface area contributed by atoms with E-state index in [9.17, 15) is 0 Å². The van der Waals surface area contributed by atoms with Crippen molar-refractivity contribution in [1.29, 1.82) is 0 Å². The minimum Gasteiger partial charge on any atom is -0.352 e. The van der Waals surface area contributed by atoms with Crippen LogP contribution in [-0.4, -0.2) is 47.3 Å². The molecule has 0 amide bonds. The van der Waals surface area contributed by atoms with E-state index in [4.69, 9.17) is 0 Å². The first-order valence-electron chi connectivity index (χ1n) is 8.17. The minimum atomic E-state index is 0.670. The van der Waals surface area contributed by atoms with Crippen molar-refractivity contribution in [2.24, 2.45) is 0 Å². The van der Waals surface area contributed by atoms with Gasteiger partial charge in [0.05, 0.1) is 5.69 Å². The normalized spacial score (nSPS) is 25.2. The number of benzene rings is 1. The SMILES string of the molecule is CN1[C@@H]2CCC[C@H]1CN(c1ccc(-c3ccccc3)nn1)C2. The number of fused-ring (bicyclic) bond motifs is 2. The monoisotopic (exact) mass is 294 g/mol.